The van der Waals surface area contributed by atoms with Gasteiger partial charge in [-0.25, -0.2) is 29.1 Å². The lowest BCUT2D eigenvalue weighted by molar-refractivity contribution is -0.191. The second kappa shape index (κ2) is 22.4. The van der Waals surface area contributed by atoms with Crippen molar-refractivity contribution in [3.63, 3.8) is 0 Å². The highest BCUT2D eigenvalue weighted by Crippen LogP contribution is 2.55. The predicted octanol–water partition coefficient (Wildman–Crippen LogP) is 11.0. The standard InChI is InChI=1S/C70H46N2O14S2/c73-57-45-25-13-14-26-46(45)58(74)51(57)33-55-71-63-61(87-55)49-29-44-32-54-50(30-43(44)31-53(49)85-69(63,65(77)81-35-39-17-5-1-6-18-39)66(78)82-36-40-19-7-2-8-20-40)62-64(72-56(88-62)34-52-59(75)47-27-15-16-28-48(47)60(52)76)70(86-54,67(79)83-37-41-21-9-3-10-22-41)68(80)84-38-42-23-11-4-12-24-42/h1-27,29-34,43-44,48H,28,35-38H2/b52-34-. The number of nitrogens with zero attached hydrogens (tertiary/aromatic N) is 2. The van der Waals surface area contributed by atoms with Crippen LogP contribution in [0.1, 0.15) is 80.5 Å². The summed E-state index contributed by atoms with van der Waals surface area (Å²) in [6, 6.07) is 41.7. The third-order valence-corrected chi connectivity index (χ3v) is 18.1. The lowest BCUT2D eigenvalue weighted by atomic mass is 9.76. The van der Waals surface area contributed by atoms with E-state index in [2.05, 4.69) is 0 Å². The monoisotopic (exact) mass is 1200 g/mol. The quantitative estimate of drug-likeness (QED) is 0.0325. The first-order valence-electron chi connectivity index (χ1n) is 28.1. The number of carbonyl (C=O) groups is 8. The zero-order chi connectivity index (χ0) is 60.3. The molecule has 0 N–H and O–H groups in total. The van der Waals surface area contributed by atoms with Crippen LogP contribution in [-0.4, -0.2) is 57.0 Å². The van der Waals surface area contributed by atoms with Gasteiger partial charge in [0.15, 0.2) is 23.1 Å². The molecule has 432 valence electrons. The van der Waals surface area contributed by atoms with Gasteiger partial charge in [0, 0.05) is 39.7 Å². The molecule has 7 aromatic rings. The number of rotatable bonds is 14. The maximum atomic E-state index is 15.2. The molecule has 4 heterocycles. The minimum Gasteiger partial charge on any atom is -0.458 e. The number of hydrogen-bond donors (Lipinski definition) is 0. The number of aromatic nitrogens is 2. The van der Waals surface area contributed by atoms with Crippen LogP contribution in [0.3, 0.4) is 0 Å². The Morgan fingerprint density at radius 1 is 0.489 bits per heavy atom. The van der Waals surface area contributed by atoms with Gasteiger partial charge in [-0.05, 0) is 53.0 Å². The summed E-state index contributed by atoms with van der Waals surface area (Å²) in [4.78, 5) is 127. The van der Waals surface area contributed by atoms with Crippen molar-refractivity contribution in [1.82, 2.24) is 9.97 Å². The van der Waals surface area contributed by atoms with E-state index < -0.39 is 76.0 Å². The Morgan fingerprint density at radius 3 is 1.25 bits per heavy atom. The molecule has 0 spiro atoms. The van der Waals surface area contributed by atoms with Gasteiger partial charge in [0.1, 0.15) is 59.3 Å². The molecular weight excluding hydrogens is 1160 g/mol. The van der Waals surface area contributed by atoms with Crippen LogP contribution in [0.2, 0.25) is 0 Å². The van der Waals surface area contributed by atoms with Crippen LogP contribution in [0.5, 0.6) is 0 Å². The molecule has 1 saturated carbocycles. The van der Waals surface area contributed by atoms with E-state index >= 15 is 19.2 Å². The van der Waals surface area contributed by atoms with Crippen molar-refractivity contribution >= 4 is 93.0 Å². The summed E-state index contributed by atoms with van der Waals surface area (Å²) >= 11 is 2.00. The number of hydrogen-bond acceptors (Lipinski definition) is 18. The minimum atomic E-state index is -2.74. The van der Waals surface area contributed by atoms with Crippen molar-refractivity contribution < 1.29 is 66.8 Å². The van der Waals surface area contributed by atoms with E-state index in [9.17, 15) is 19.2 Å². The Labute approximate surface area is 509 Å². The fraction of sp³-hybridized carbons (Fsp3) is 0.143. The SMILES string of the molecule is O=C1C2=CC=CCC2C(=O)/C1=C\c1nc2c(s1)C1=CC3C=C4OC(C(=O)OCc5ccccc5)(C(=O)OCc5ccccc5)c5nc(C=C6C(=O)c7ccccc7C6=O)sc5C4=CC3C=C1OC2(C(=O)OCc1ccccc1)C(=O)OCc1ccccc1. The van der Waals surface area contributed by atoms with E-state index in [-0.39, 0.29) is 91.4 Å². The summed E-state index contributed by atoms with van der Waals surface area (Å²) in [6.07, 6.45) is 15.2. The Hall–Kier alpha value is -10.6. The van der Waals surface area contributed by atoms with Gasteiger partial charge >= 0.3 is 35.1 Å². The lowest BCUT2D eigenvalue weighted by Gasteiger charge is -2.40. The summed E-state index contributed by atoms with van der Waals surface area (Å²) < 4.78 is 37.7. The summed E-state index contributed by atoms with van der Waals surface area (Å²) in [6.45, 7) is -1.12. The number of fused-ring (bicyclic) bond motifs is 9. The molecule has 1 fully saturated rings. The highest BCUT2D eigenvalue weighted by Gasteiger charge is 2.63. The van der Waals surface area contributed by atoms with E-state index in [1.807, 2.05) is 6.08 Å². The Kier molecular flexibility index (Phi) is 14.1. The normalized spacial score (nSPS) is 19.9. The number of ether oxygens (including phenoxy) is 6. The van der Waals surface area contributed by atoms with E-state index in [0.29, 0.717) is 45.4 Å². The highest BCUT2D eigenvalue weighted by atomic mass is 32.1. The molecule has 0 radical (unpaired) electrons. The molecule has 18 heteroatoms. The van der Waals surface area contributed by atoms with Crippen LogP contribution < -0.4 is 0 Å². The second-order valence-electron chi connectivity index (χ2n) is 21.5. The molecule has 2 aromatic heterocycles. The van der Waals surface area contributed by atoms with Crippen molar-refractivity contribution in [2.24, 2.45) is 17.8 Å². The highest BCUT2D eigenvalue weighted by molar-refractivity contribution is 7.14. The summed E-state index contributed by atoms with van der Waals surface area (Å²) in [7, 11) is 0. The van der Waals surface area contributed by atoms with Gasteiger partial charge in [0.25, 0.3) is 0 Å². The van der Waals surface area contributed by atoms with Crippen LogP contribution in [0.4, 0.5) is 0 Å². The van der Waals surface area contributed by atoms with Crippen molar-refractivity contribution in [2.75, 3.05) is 0 Å². The molecule has 5 aromatic carbocycles. The Bertz CT molecular complexity index is 4280. The van der Waals surface area contributed by atoms with Crippen LogP contribution in [0.25, 0.3) is 23.3 Å². The van der Waals surface area contributed by atoms with E-state index in [1.165, 1.54) is 12.2 Å². The lowest BCUT2D eigenvalue weighted by Crippen LogP contribution is -2.51. The maximum absolute atomic E-state index is 15.2. The van der Waals surface area contributed by atoms with Crippen molar-refractivity contribution in [1.29, 1.82) is 0 Å². The van der Waals surface area contributed by atoms with Crippen molar-refractivity contribution in [3.05, 3.63) is 281 Å². The number of esters is 4. The molecule has 3 atom stereocenters. The van der Waals surface area contributed by atoms with Gasteiger partial charge in [0.2, 0.25) is 0 Å². The summed E-state index contributed by atoms with van der Waals surface area (Å²) in [5.74, 6) is -8.54. The third kappa shape index (κ3) is 9.53. The minimum absolute atomic E-state index is 0.0394. The molecular formula is C70H46N2O14S2. The van der Waals surface area contributed by atoms with Gasteiger partial charge in [-0.3, -0.25) is 19.2 Å². The van der Waals surface area contributed by atoms with E-state index in [4.69, 9.17) is 38.4 Å². The van der Waals surface area contributed by atoms with Crippen molar-refractivity contribution in [3.8, 4) is 0 Å². The van der Waals surface area contributed by atoms with Gasteiger partial charge in [-0.1, -0.05) is 176 Å². The van der Waals surface area contributed by atoms with Crippen LogP contribution in [-0.2, 0) is 94.8 Å². The number of carbonyl (C=O) groups excluding carboxylic acids is 8. The molecule has 0 amide bonds. The van der Waals surface area contributed by atoms with Gasteiger partial charge < -0.3 is 28.4 Å². The first-order chi connectivity index (χ1) is 42.9. The molecule has 7 aliphatic rings. The molecule has 2 aliphatic heterocycles. The largest absolute Gasteiger partial charge is 0.458 e. The smallest absolute Gasteiger partial charge is 0.369 e. The first kappa shape index (κ1) is 55.3. The molecule has 0 saturated heterocycles. The van der Waals surface area contributed by atoms with Gasteiger partial charge in [-0.15, -0.1) is 22.7 Å². The molecule has 5 aliphatic carbocycles. The van der Waals surface area contributed by atoms with E-state index in [0.717, 1.165) is 22.7 Å². The zero-order valence-electron chi connectivity index (χ0n) is 46.2. The number of ketones is 4. The third-order valence-electron chi connectivity index (χ3n) is 16.0. The summed E-state index contributed by atoms with van der Waals surface area (Å²) in [5.41, 5.74) is -2.34. The Balaban J connectivity index is 0.919. The molecule has 16 nitrogen and oxygen atoms in total. The van der Waals surface area contributed by atoms with Crippen LogP contribution in [0.15, 0.2) is 216 Å². The fourth-order valence-corrected chi connectivity index (χ4v) is 13.8. The summed E-state index contributed by atoms with van der Waals surface area (Å²) in [5, 5.41) is 0.168. The van der Waals surface area contributed by atoms with Gasteiger partial charge in [-0.2, -0.15) is 0 Å². The average molecular weight is 1200 g/mol. The number of Topliss-reactive ketones (excluding diaryl/α,β-unsaturated/α-hetero) is 4. The topological polar surface area (TPSA) is 218 Å². The molecule has 14 rings (SSSR count). The maximum Gasteiger partial charge on any atom is 0.369 e. The van der Waals surface area contributed by atoms with Crippen LogP contribution >= 0.6 is 22.7 Å². The molecule has 3 unspecified atom stereocenters. The van der Waals surface area contributed by atoms with Gasteiger partial charge in [0.05, 0.1) is 26.8 Å². The zero-order valence-corrected chi connectivity index (χ0v) is 47.9. The first-order valence-corrected chi connectivity index (χ1v) is 29.7. The number of benzene rings is 5. The predicted molar refractivity (Wildman–Crippen MR) is 320 cm³/mol. The fourth-order valence-electron chi connectivity index (χ4n) is 11.6. The Morgan fingerprint density at radius 2 is 0.864 bits per heavy atom. The second-order valence-corrected chi connectivity index (χ2v) is 23.6. The van der Waals surface area contributed by atoms with Crippen molar-refractivity contribution in [2.45, 2.75) is 44.1 Å². The molecule has 0 bridgehead atoms. The van der Waals surface area contributed by atoms with E-state index in [1.54, 1.807) is 182 Å². The number of thiazole rings is 2. The average Bonchev–Trinajstić information content (AvgIpc) is 1.35. The number of allylic oxidation sites excluding steroid dienone is 12. The van der Waals surface area contributed by atoms with Crippen LogP contribution in [0, 0.1) is 17.8 Å². The molecule has 88 heavy (non-hydrogen) atoms.